The number of aromatic nitrogens is 2. The molecule has 288 valence electrons. The summed E-state index contributed by atoms with van der Waals surface area (Å²) in [7, 11) is 0. The van der Waals surface area contributed by atoms with Crippen LogP contribution in [0.5, 0.6) is 0 Å². The molecule has 1 amide bonds. The van der Waals surface area contributed by atoms with Crippen molar-refractivity contribution >= 4 is 22.9 Å². The number of H-pyrrole nitrogens is 1. The van der Waals surface area contributed by atoms with E-state index in [1.807, 2.05) is 65.2 Å². The Bertz CT molecular complexity index is 2100. The van der Waals surface area contributed by atoms with Crippen LogP contribution >= 0.6 is 0 Å². The topological polar surface area (TPSA) is 146 Å². The van der Waals surface area contributed by atoms with E-state index in [1.165, 1.54) is 0 Å². The average Bonchev–Trinajstić information content (AvgIpc) is 3.55. The van der Waals surface area contributed by atoms with Gasteiger partial charge in [0.1, 0.15) is 0 Å². The number of para-hydroxylation sites is 2. The van der Waals surface area contributed by atoms with E-state index < -0.39 is 12.3 Å². The van der Waals surface area contributed by atoms with E-state index in [2.05, 4.69) is 51.6 Å². The van der Waals surface area contributed by atoms with E-state index >= 15 is 0 Å². The standard InChI is InChI=1S/C44H50N4O7/c49-29-30-13-15-33(16-14-30)40-26-37(28-47-23-21-36(22-24-47)48-39-10-5-4-9-38(39)46-44(48)53)54-43(55-40)34-19-17-32(18-20-34)35-8-6-7-31(25-35)27-45-41(50)11-2-1-3-12-42(51)52/h4-10,13-20,25,36-37,40,43,49H,1-3,11-12,21-24,26-29H2,(H,45,50)(H,46,53)(H,51,52)/t37-,40+,43+/m0/s1. The van der Waals surface area contributed by atoms with Gasteiger partial charge in [-0.2, -0.15) is 0 Å². The number of aliphatic carboxylic acids is 1. The predicted molar refractivity (Wildman–Crippen MR) is 210 cm³/mol. The lowest BCUT2D eigenvalue weighted by atomic mass is 9.98. The second-order valence-electron chi connectivity index (χ2n) is 14.8. The van der Waals surface area contributed by atoms with Crippen LogP contribution in [-0.4, -0.2) is 62.3 Å². The third-order valence-electron chi connectivity index (χ3n) is 10.9. The third-order valence-corrected chi connectivity index (χ3v) is 10.9. The van der Waals surface area contributed by atoms with Crippen LogP contribution in [0.2, 0.25) is 0 Å². The maximum Gasteiger partial charge on any atom is 0.326 e. The zero-order chi connectivity index (χ0) is 38.1. The molecule has 4 N–H and O–H groups in total. The molecule has 3 atom stereocenters. The first-order chi connectivity index (χ1) is 26.8. The molecule has 3 heterocycles. The van der Waals surface area contributed by atoms with Gasteiger partial charge in [-0.05, 0) is 71.7 Å². The molecule has 4 aromatic carbocycles. The first-order valence-corrected chi connectivity index (χ1v) is 19.4. The summed E-state index contributed by atoms with van der Waals surface area (Å²) in [4.78, 5) is 41.4. The van der Waals surface area contributed by atoms with Crippen molar-refractivity contribution in [3.05, 3.63) is 130 Å². The number of imidazole rings is 1. The molecule has 1 aromatic heterocycles. The first-order valence-electron chi connectivity index (χ1n) is 19.4. The Labute approximate surface area is 320 Å². The SMILES string of the molecule is O=C(O)CCCCCC(=O)NCc1cccc(-c2ccc([C@@H]3O[C@H](CN4CCC(n5c(=O)[nH]c6ccccc65)CC4)C[C@H](c4ccc(CO)cc4)O3)cc2)c1. The highest BCUT2D eigenvalue weighted by atomic mass is 16.7. The lowest BCUT2D eigenvalue weighted by Crippen LogP contribution is -2.43. The number of unbranched alkanes of at least 4 members (excludes halogenated alkanes) is 2. The van der Waals surface area contributed by atoms with Gasteiger partial charge in [0.05, 0.1) is 29.8 Å². The largest absolute Gasteiger partial charge is 0.481 e. The van der Waals surface area contributed by atoms with Crippen molar-refractivity contribution in [2.24, 2.45) is 0 Å². The molecule has 2 aliphatic heterocycles. The maximum absolute atomic E-state index is 12.9. The Morgan fingerprint density at radius 1 is 0.800 bits per heavy atom. The van der Waals surface area contributed by atoms with Crippen LogP contribution in [0.15, 0.2) is 102 Å². The van der Waals surface area contributed by atoms with Gasteiger partial charge in [-0.15, -0.1) is 0 Å². The monoisotopic (exact) mass is 746 g/mol. The van der Waals surface area contributed by atoms with Crippen LogP contribution in [0.4, 0.5) is 0 Å². The smallest absolute Gasteiger partial charge is 0.326 e. The summed E-state index contributed by atoms with van der Waals surface area (Å²) < 4.78 is 15.2. The fraction of sp³-hybridized carbons (Fsp3) is 0.386. The zero-order valence-electron chi connectivity index (χ0n) is 31.1. The molecule has 2 aliphatic rings. The predicted octanol–water partition coefficient (Wildman–Crippen LogP) is 7.02. The van der Waals surface area contributed by atoms with Crippen molar-refractivity contribution < 1.29 is 29.3 Å². The Balaban J connectivity index is 0.989. The summed E-state index contributed by atoms with van der Waals surface area (Å²) in [5.41, 5.74) is 7.68. The molecule has 11 nitrogen and oxygen atoms in total. The van der Waals surface area contributed by atoms with Gasteiger partial charge in [0.25, 0.3) is 0 Å². The zero-order valence-corrected chi connectivity index (χ0v) is 31.1. The van der Waals surface area contributed by atoms with Gasteiger partial charge in [0, 0.05) is 57.0 Å². The fourth-order valence-electron chi connectivity index (χ4n) is 7.84. The second-order valence-corrected chi connectivity index (χ2v) is 14.8. The molecule has 11 heteroatoms. The normalized spacial score (nSPS) is 19.4. The van der Waals surface area contributed by atoms with E-state index in [4.69, 9.17) is 14.6 Å². The number of piperidine rings is 1. The number of aliphatic hydroxyl groups excluding tert-OH is 1. The molecule has 7 rings (SSSR count). The van der Waals surface area contributed by atoms with E-state index in [0.717, 1.165) is 83.3 Å². The highest BCUT2D eigenvalue weighted by Crippen LogP contribution is 2.39. The molecule has 0 radical (unpaired) electrons. The first kappa shape index (κ1) is 38.2. The number of fused-ring (bicyclic) bond motifs is 1. The minimum Gasteiger partial charge on any atom is -0.481 e. The molecule has 0 aliphatic carbocycles. The van der Waals surface area contributed by atoms with Gasteiger partial charge < -0.3 is 34.9 Å². The van der Waals surface area contributed by atoms with Gasteiger partial charge >= 0.3 is 11.7 Å². The molecule has 0 unspecified atom stereocenters. The van der Waals surface area contributed by atoms with Gasteiger partial charge in [-0.3, -0.25) is 14.2 Å². The summed E-state index contributed by atoms with van der Waals surface area (Å²) in [6.07, 6.45) is 4.12. The molecular formula is C44H50N4O7. The summed E-state index contributed by atoms with van der Waals surface area (Å²) in [5.74, 6) is -0.842. The Morgan fingerprint density at radius 2 is 1.55 bits per heavy atom. The van der Waals surface area contributed by atoms with E-state index in [0.29, 0.717) is 32.2 Å². The van der Waals surface area contributed by atoms with Crippen LogP contribution in [0.25, 0.3) is 22.2 Å². The quantitative estimate of drug-likeness (QED) is 0.0837. The highest BCUT2D eigenvalue weighted by Gasteiger charge is 2.34. The summed E-state index contributed by atoms with van der Waals surface area (Å²) >= 11 is 0. The van der Waals surface area contributed by atoms with Crippen molar-refractivity contribution in [1.82, 2.24) is 19.8 Å². The number of carboxylic acid groups (broad SMARTS) is 1. The van der Waals surface area contributed by atoms with Gasteiger partial charge in [-0.25, -0.2) is 4.79 Å². The number of carboxylic acids is 1. The minimum absolute atomic E-state index is 0.0116. The fourth-order valence-corrected chi connectivity index (χ4v) is 7.84. The lowest BCUT2D eigenvalue weighted by molar-refractivity contribution is -0.253. The van der Waals surface area contributed by atoms with Crippen molar-refractivity contribution in [2.45, 2.75) is 89.1 Å². The van der Waals surface area contributed by atoms with E-state index in [9.17, 15) is 19.5 Å². The van der Waals surface area contributed by atoms with Crippen LogP contribution in [0.1, 0.15) is 92.1 Å². The number of carbonyl (C=O) groups is 2. The minimum atomic E-state index is -0.805. The number of hydrogen-bond acceptors (Lipinski definition) is 7. The third kappa shape index (κ3) is 9.79. The average molecular weight is 747 g/mol. The Morgan fingerprint density at radius 3 is 2.31 bits per heavy atom. The van der Waals surface area contributed by atoms with E-state index in [-0.39, 0.29) is 42.9 Å². The molecule has 2 fully saturated rings. The van der Waals surface area contributed by atoms with Crippen molar-refractivity contribution in [3.8, 4) is 11.1 Å². The number of ether oxygens (including phenoxy) is 2. The number of hydrogen-bond donors (Lipinski definition) is 4. The second kappa shape index (κ2) is 18.0. The lowest BCUT2D eigenvalue weighted by Gasteiger charge is -2.40. The molecule has 5 aromatic rings. The molecule has 2 saturated heterocycles. The molecule has 0 spiro atoms. The van der Waals surface area contributed by atoms with Crippen LogP contribution in [0, 0.1) is 0 Å². The number of likely N-dealkylation sites (tertiary alicyclic amines) is 1. The number of amides is 1. The number of aliphatic hydroxyl groups is 1. The number of rotatable bonds is 15. The number of aromatic amines is 1. The molecule has 0 bridgehead atoms. The summed E-state index contributed by atoms with van der Waals surface area (Å²) in [6.45, 7) is 2.90. The van der Waals surface area contributed by atoms with Gasteiger partial charge in [0.2, 0.25) is 5.91 Å². The summed E-state index contributed by atoms with van der Waals surface area (Å²) in [6, 6.07) is 32.3. The highest BCUT2D eigenvalue weighted by molar-refractivity contribution is 5.76. The van der Waals surface area contributed by atoms with Crippen molar-refractivity contribution in [3.63, 3.8) is 0 Å². The Kier molecular flexibility index (Phi) is 12.5. The van der Waals surface area contributed by atoms with Crippen LogP contribution in [0.3, 0.4) is 0 Å². The number of nitrogens with one attached hydrogen (secondary N) is 2. The molecule has 0 saturated carbocycles. The van der Waals surface area contributed by atoms with Gasteiger partial charge in [-0.1, -0.05) is 85.3 Å². The number of carbonyl (C=O) groups excluding carboxylic acids is 1. The van der Waals surface area contributed by atoms with Gasteiger partial charge in [0.15, 0.2) is 6.29 Å². The van der Waals surface area contributed by atoms with Crippen molar-refractivity contribution in [1.29, 1.82) is 0 Å². The molecular weight excluding hydrogens is 697 g/mol. The van der Waals surface area contributed by atoms with E-state index in [1.54, 1.807) is 0 Å². The number of nitrogens with zero attached hydrogens (tertiary/aromatic N) is 2. The summed E-state index contributed by atoms with van der Waals surface area (Å²) in [5, 5.41) is 21.4. The molecule has 55 heavy (non-hydrogen) atoms. The number of benzene rings is 4. The van der Waals surface area contributed by atoms with Crippen LogP contribution in [-0.2, 0) is 32.2 Å². The van der Waals surface area contributed by atoms with Crippen molar-refractivity contribution in [2.75, 3.05) is 19.6 Å². The maximum atomic E-state index is 12.9. The van der Waals surface area contributed by atoms with Crippen LogP contribution < -0.4 is 11.0 Å². The Hall–Kier alpha value is -5.07.